The highest BCUT2D eigenvalue weighted by Gasteiger charge is 2.15. The van der Waals surface area contributed by atoms with Crippen LogP contribution in [-0.4, -0.2) is 16.0 Å². The Morgan fingerprint density at radius 3 is 2.74 bits per heavy atom. The van der Waals surface area contributed by atoms with E-state index in [1.165, 1.54) is 11.3 Å². The molecule has 0 atom stereocenters. The number of rotatable bonds is 6. The van der Waals surface area contributed by atoms with Gasteiger partial charge in [-0.25, -0.2) is 9.38 Å². The molecule has 0 fully saturated rings. The quantitative estimate of drug-likeness (QED) is 0.207. The van der Waals surface area contributed by atoms with Gasteiger partial charge in [-0.05, 0) is 77.6 Å². The van der Waals surface area contributed by atoms with E-state index in [0.717, 1.165) is 25.7 Å². The van der Waals surface area contributed by atoms with Crippen LogP contribution in [0.4, 0.5) is 0 Å². The first-order chi connectivity index (χ1) is 16.4. The largest absolute Gasteiger partial charge is 0.490 e. The van der Waals surface area contributed by atoms with Gasteiger partial charge in [-0.3, -0.25) is 4.79 Å². The fourth-order valence-electron chi connectivity index (χ4n) is 3.63. The number of nitrogens with zero attached hydrogens (tertiary/aromatic N) is 2. The molecule has 0 saturated carbocycles. The van der Waals surface area contributed by atoms with E-state index in [-0.39, 0.29) is 12.2 Å². The molecule has 34 heavy (non-hydrogen) atoms. The van der Waals surface area contributed by atoms with Gasteiger partial charge in [-0.2, -0.15) is 0 Å². The van der Waals surface area contributed by atoms with Crippen molar-refractivity contribution in [2.24, 2.45) is 0 Å². The van der Waals surface area contributed by atoms with Crippen LogP contribution in [0, 0.1) is 3.57 Å². The van der Waals surface area contributed by atoms with E-state index < -0.39 is 0 Å². The van der Waals surface area contributed by atoms with E-state index in [9.17, 15) is 4.79 Å². The van der Waals surface area contributed by atoms with Crippen molar-refractivity contribution in [1.82, 2.24) is 9.38 Å². The van der Waals surface area contributed by atoms with Crippen LogP contribution in [-0.2, 0) is 6.61 Å². The zero-order chi connectivity index (χ0) is 23.8. The summed E-state index contributed by atoms with van der Waals surface area (Å²) in [6, 6.07) is 16.8. The lowest BCUT2D eigenvalue weighted by Gasteiger charge is -2.15. The van der Waals surface area contributed by atoms with Crippen molar-refractivity contribution in [3.05, 3.63) is 94.2 Å². The van der Waals surface area contributed by atoms with E-state index in [4.69, 9.17) is 32.7 Å². The minimum Gasteiger partial charge on any atom is -0.490 e. The zero-order valence-electron chi connectivity index (χ0n) is 17.8. The van der Waals surface area contributed by atoms with Gasteiger partial charge < -0.3 is 9.47 Å². The second-order valence-corrected chi connectivity index (χ2v) is 10.4. The molecule has 3 aromatic carbocycles. The summed E-state index contributed by atoms with van der Waals surface area (Å²) in [5.74, 6) is 1.23. The van der Waals surface area contributed by atoms with Crippen LogP contribution >= 0.6 is 57.1 Å². The first-order valence-electron chi connectivity index (χ1n) is 10.4. The highest BCUT2D eigenvalue weighted by molar-refractivity contribution is 14.1. The molecule has 172 valence electrons. The van der Waals surface area contributed by atoms with Gasteiger partial charge >= 0.3 is 0 Å². The summed E-state index contributed by atoms with van der Waals surface area (Å²) in [5.41, 5.74) is 3.21. The van der Waals surface area contributed by atoms with Crippen molar-refractivity contribution < 1.29 is 9.47 Å². The number of para-hydroxylation sites is 2. The molecule has 0 unspecified atom stereocenters. The number of imidazole rings is 1. The fourth-order valence-corrected chi connectivity index (χ4v) is 5.86. The van der Waals surface area contributed by atoms with Gasteiger partial charge in [0.1, 0.15) is 6.61 Å². The molecule has 2 heterocycles. The minimum absolute atomic E-state index is 0.0839. The molecule has 2 aromatic heterocycles. The van der Waals surface area contributed by atoms with Crippen molar-refractivity contribution in [3.8, 4) is 11.5 Å². The Balaban J connectivity index is 1.52. The van der Waals surface area contributed by atoms with E-state index in [1.807, 2.05) is 55.5 Å². The molecule has 0 N–H and O–H groups in total. The molecule has 0 aliphatic heterocycles. The average Bonchev–Trinajstić information content (AvgIpc) is 3.30. The van der Waals surface area contributed by atoms with E-state index >= 15 is 0 Å². The third-order valence-electron chi connectivity index (χ3n) is 5.16. The summed E-state index contributed by atoms with van der Waals surface area (Å²) >= 11 is 15.9. The maximum atomic E-state index is 13.1. The smallest absolute Gasteiger partial charge is 0.274 e. The predicted octanol–water partition coefficient (Wildman–Crippen LogP) is 6.35. The summed E-state index contributed by atoms with van der Waals surface area (Å²) < 4.78 is 15.1. The average molecular weight is 623 g/mol. The molecule has 5 aromatic rings. The standard InChI is InChI=1S/C25H17Cl2IN2O3S/c1-2-32-21-10-14(9-18(28)23(21)33-13-15-7-8-16(26)12-17(15)27)11-22-24(31)30-20-6-4-3-5-19(20)29-25(30)34-22/h3-12H,2,13H2,1H3/b22-11-. The molecule has 0 saturated heterocycles. The Morgan fingerprint density at radius 2 is 1.94 bits per heavy atom. The maximum absolute atomic E-state index is 13.1. The second-order valence-electron chi connectivity index (χ2n) is 7.42. The molecular weight excluding hydrogens is 606 g/mol. The Morgan fingerprint density at radius 1 is 1.12 bits per heavy atom. The monoisotopic (exact) mass is 622 g/mol. The third-order valence-corrected chi connectivity index (χ3v) is 7.52. The van der Waals surface area contributed by atoms with Crippen molar-refractivity contribution in [3.63, 3.8) is 0 Å². The van der Waals surface area contributed by atoms with Crippen LogP contribution < -0.4 is 19.6 Å². The molecule has 0 aliphatic rings. The fraction of sp³-hybridized carbons (Fsp3) is 0.120. The highest BCUT2D eigenvalue weighted by atomic mass is 127. The number of thiazole rings is 1. The number of ether oxygens (including phenoxy) is 2. The lowest BCUT2D eigenvalue weighted by atomic mass is 10.2. The summed E-state index contributed by atoms with van der Waals surface area (Å²) in [5, 5.41) is 1.12. The molecule has 0 aliphatic carbocycles. The first-order valence-corrected chi connectivity index (χ1v) is 13.0. The van der Waals surface area contributed by atoms with Gasteiger partial charge in [-0.1, -0.05) is 52.7 Å². The van der Waals surface area contributed by atoms with Crippen molar-refractivity contribution in [2.75, 3.05) is 6.61 Å². The SMILES string of the molecule is CCOc1cc(/C=c2\sc3nc4ccccc4n3c2=O)cc(I)c1OCc1ccc(Cl)cc1Cl. The Hall–Kier alpha value is -2.33. The van der Waals surface area contributed by atoms with Gasteiger partial charge in [0.05, 0.1) is 25.7 Å². The summed E-state index contributed by atoms with van der Waals surface area (Å²) in [6.07, 6.45) is 1.86. The van der Waals surface area contributed by atoms with Crippen LogP contribution in [0.25, 0.3) is 22.1 Å². The normalized spacial score (nSPS) is 12.1. The van der Waals surface area contributed by atoms with Crippen LogP contribution in [0.5, 0.6) is 11.5 Å². The predicted molar refractivity (Wildman–Crippen MR) is 147 cm³/mol. The molecule has 5 rings (SSSR count). The van der Waals surface area contributed by atoms with Gasteiger partial charge in [0, 0.05) is 15.6 Å². The van der Waals surface area contributed by atoms with Crippen molar-refractivity contribution in [1.29, 1.82) is 0 Å². The number of benzene rings is 3. The van der Waals surface area contributed by atoms with Crippen LogP contribution in [0.2, 0.25) is 10.0 Å². The van der Waals surface area contributed by atoms with Gasteiger partial charge in [0.2, 0.25) is 0 Å². The molecule has 0 bridgehead atoms. The number of hydrogen-bond acceptors (Lipinski definition) is 5. The van der Waals surface area contributed by atoms with Gasteiger partial charge in [-0.15, -0.1) is 0 Å². The van der Waals surface area contributed by atoms with E-state index in [0.29, 0.717) is 37.6 Å². The zero-order valence-corrected chi connectivity index (χ0v) is 22.3. The Kier molecular flexibility index (Phi) is 6.70. The number of halogens is 3. The summed E-state index contributed by atoms with van der Waals surface area (Å²) in [7, 11) is 0. The van der Waals surface area contributed by atoms with Gasteiger partial charge in [0.25, 0.3) is 5.56 Å². The van der Waals surface area contributed by atoms with Crippen molar-refractivity contribution in [2.45, 2.75) is 13.5 Å². The van der Waals surface area contributed by atoms with Crippen LogP contribution in [0.1, 0.15) is 18.1 Å². The number of aromatic nitrogens is 2. The second kappa shape index (κ2) is 9.73. The lowest BCUT2D eigenvalue weighted by molar-refractivity contribution is 0.267. The molecular formula is C25H17Cl2IN2O3S. The third kappa shape index (κ3) is 4.49. The lowest BCUT2D eigenvalue weighted by Crippen LogP contribution is -2.22. The van der Waals surface area contributed by atoms with Crippen LogP contribution in [0.15, 0.2) is 59.4 Å². The first kappa shape index (κ1) is 23.4. The molecule has 0 spiro atoms. The molecule has 5 nitrogen and oxygen atoms in total. The summed E-state index contributed by atoms with van der Waals surface area (Å²) in [4.78, 5) is 18.4. The highest BCUT2D eigenvalue weighted by Crippen LogP contribution is 2.36. The summed E-state index contributed by atoms with van der Waals surface area (Å²) in [6.45, 7) is 2.66. The minimum atomic E-state index is -0.0839. The number of fused-ring (bicyclic) bond motifs is 3. The topological polar surface area (TPSA) is 52.8 Å². The van der Waals surface area contributed by atoms with E-state index in [1.54, 1.807) is 16.5 Å². The van der Waals surface area contributed by atoms with E-state index in [2.05, 4.69) is 27.6 Å². The van der Waals surface area contributed by atoms with Crippen molar-refractivity contribution >= 4 is 79.2 Å². The van der Waals surface area contributed by atoms with Crippen LogP contribution in [0.3, 0.4) is 0 Å². The molecule has 9 heteroatoms. The Labute approximate surface area is 222 Å². The molecule has 0 amide bonds. The maximum Gasteiger partial charge on any atom is 0.274 e. The Bertz CT molecular complexity index is 1650. The van der Waals surface area contributed by atoms with Gasteiger partial charge in [0.15, 0.2) is 16.5 Å². The molecule has 0 radical (unpaired) electrons. The number of hydrogen-bond donors (Lipinski definition) is 0.